The SMILES string of the molecule is COc1ccc(Br)c(CNc2cccc(C(=O)O)c2C)c1OCc1ccc(C)cc1. The van der Waals surface area contributed by atoms with E-state index < -0.39 is 5.97 Å². The van der Waals surface area contributed by atoms with Gasteiger partial charge in [-0.1, -0.05) is 51.8 Å². The minimum atomic E-state index is -0.944. The number of hydrogen-bond acceptors (Lipinski definition) is 4. The third-order valence-corrected chi connectivity index (χ3v) is 5.65. The third-order valence-electron chi connectivity index (χ3n) is 4.91. The van der Waals surface area contributed by atoms with Crippen molar-refractivity contribution in [1.29, 1.82) is 0 Å². The topological polar surface area (TPSA) is 67.8 Å². The smallest absolute Gasteiger partial charge is 0.336 e. The Labute approximate surface area is 184 Å². The van der Waals surface area contributed by atoms with E-state index in [9.17, 15) is 9.90 Å². The number of ether oxygens (including phenoxy) is 2. The molecule has 0 unspecified atom stereocenters. The summed E-state index contributed by atoms with van der Waals surface area (Å²) in [5.74, 6) is 0.339. The van der Waals surface area contributed by atoms with Crippen LogP contribution in [-0.2, 0) is 13.2 Å². The summed E-state index contributed by atoms with van der Waals surface area (Å²) in [7, 11) is 1.61. The van der Waals surface area contributed by atoms with Crippen LogP contribution in [0.2, 0.25) is 0 Å². The molecule has 0 aliphatic rings. The van der Waals surface area contributed by atoms with Crippen LogP contribution in [-0.4, -0.2) is 18.2 Å². The molecule has 3 aromatic carbocycles. The quantitative estimate of drug-likeness (QED) is 0.425. The summed E-state index contributed by atoms with van der Waals surface area (Å²) in [6.45, 7) is 4.69. The van der Waals surface area contributed by atoms with Crippen molar-refractivity contribution in [3.8, 4) is 11.5 Å². The first-order chi connectivity index (χ1) is 14.4. The highest BCUT2D eigenvalue weighted by Crippen LogP contribution is 2.37. The molecule has 0 heterocycles. The van der Waals surface area contributed by atoms with Gasteiger partial charge in [0.1, 0.15) is 6.61 Å². The zero-order chi connectivity index (χ0) is 21.7. The van der Waals surface area contributed by atoms with Gasteiger partial charge in [-0.2, -0.15) is 0 Å². The lowest BCUT2D eigenvalue weighted by Crippen LogP contribution is -2.08. The molecule has 0 saturated heterocycles. The van der Waals surface area contributed by atoms with Crippen LogP contribution in [0.4, 0.5) is 5.69 Å². The molecule has 0 radical (unpaired) electrons. The maximum atomic E-state index is 11.4. The molecule has 0 bridgehead atoms. The van der Waals surface area contributed by atoms with E-state index in [2.05, 4.69) is 33.4 Å². The molecule has 0 aliphatic heterocycles. The summed E-state index contributed by atoms with van der Waals surface area (Å²) < 4.78 is 12.6. The first-order valence-electron chi connectivity index (χ1n) is 9.51. The molecule has 6 heteroatoms. The molecule has 3 aromatic rings. The molecule has 0 atom stereocenters. The van der Waals surface area contributed by atoms with Gasteiger partial charge in [0.25, 0.3) is 0 Å². The van der Waals surface area contributed by atoms with Gasteiger partial charge in [-0.3, -0.25) is 0 Å². The Hall–Kier alpha value is -2.99. The second-order valence-corrected chi connectivity index (χ2v) is 7.82. The number of benzene rings is 3. The Bertz CT molecular complexity index is 1050. The van der Waals surface area contributed by atoms with Crippen molar-refractivity contribution in [2.24, 2.45) is 0 Å². The Morgan fingerprint density at radius 2 is 1.80 bits per heavy atom. The van der Waals surface area contributed by atoms with Crippen LogP contribution in [0.15, 0.2) is 59.1 Å². The van der Waals surface area contributed by atoms with Crippen molar-refractivity contribution in [3.05, 3.63) is 86.9 Å². The van der Waals surface area contributed by atoms with Gasteiger partial charge in [0.15, 0.2) is 11.5 Å². The molecule has 5 nitrogen and oxygen atoms in total. The zero-order valence-electron chi connectivity index (χ0n) is 17.2. The first kappa shape index (κ1) is 21.7. The van der Waals surface area contributed by atoms with Crippen LogP contribution >= 0.6 is 15.9 Å². The second-order valence-electron chi connectivity index (χ2n) is 6.97. The van der Waals surface area contributed by atoms with Crippen LogP contribution in [0.25, 0.3) is 0 Å². The van der Waals surface area contributed by atoms with Crippen molar-refractivity contribution in [2.75, 3.05) is 12.4 Å². The molecular formula is C24H24BrNO4. The van der Waals surface area contributed by atoms with Crippen LogP contribution in [0.5, 0.6) is 11.5 Å². The molecule has 0 amide bonds. The normalized spacial score (nSPS) is 10.5. The van der Waals surface area contributed by atoms with Crippen LogP contribution in [0.3, 0.4) is 0 Å². The van der Waals surface area contributed by atoms with Crippen molar-refractivity contribution < 1.29 is 19.4 Å². The van der Waals surface area contributed by atoms with Crippen molar-refractivity contribution in [2.45, 2.75) is 27.0 Å². The molecule has 0 aliphatic carbocycles. The van der Waals surface area contributed by atoms with E-state index >= 15 is 0 Å². The number of aryl methyl sites for hydroxylation is 1. The lowest BCUT2D eigenvalue weighted by Gasteiger charge is -2.18. The molecule has 0 aromatic heterocycles. The van der Waals surface area contributed by atoms with E-state index in [1.54, 1.807) is 26.2 Å². The summed E-state index contributed by atoms with van der Waals surface area (Å²) >= 11 is 3.61. The summed E-state index contributed by atoms with van der Waals surface area (Å²) in [6.07, 6.45) is 0. The summed E-state index contributed by atoms with van der Waals surface area (Å²) in [5, 5.41) is 12.7. The standard InChI is InChI=1S/C24H24BrNO4/c1-15-7-9-17(10-8-15)14-30-23-19(20(25)11-12-22(23)29-3)13-26-21-6-4-5-18(16(21)2)24(27)28/h4-12,26H,13-14H2,1-3H3,(H,27,28). The van der Waals surface area contributed by atoms with E-state index in [1.807, 2.05) is 37.3 Å². The molecule has 0 fully saturated rings. The average molecular weight is 470 g/mol. The monoisotopic (exact) mass is 469 g/mol. The Balaban J connectivity index is 1.86. The predicted molar refractivity (Wildman–Crippen MR) is 122 cm³/mol. The summed E-state index contributed by atoms with van der Waals surface area (Å²) in [4.78, 5) is 11.4. The van der Waals surface area contributed by atoms with Gasteiger partial charge in [0, 0.05) is 22.3 Å². The van der Waals surface area contributed by atoms with Crippen molar-refractivity contribution in [1.82, 2.24) is 0 Å². The zero-order valence-corrected chi connectivity index (χ0v) is 18.7. The number of aromatic carboxylic acids is 1. The number of carboxylic acid groups (broad SMARTS) is 1. The highest BCUT2D eigenvalue weighted by atomic mass is 79.9. The maximum Gasteiger partial charge on any atom is 0.336 e. The number of carbonyl (C=O) groups is 1. The number of halogens is 1. The molecule has 0 saturated carbocycles. The number of nitrogens with one attached hydrogen (secondary N) is 1. The second kappa shape index (κ2) is 9.67. The van der Waals surface area contributed by atoms with Crippen LogP contribution in [0, 0.1) is 13.8 Å². The number of carboxylic acids is 1. The van der Waals surface area contributed by atoms with Gasteiger partial charge < -0.3 is 19.9 Å². The lowest BCUT2D eigenvalue weighted by atomic mass is 10.1. The number of anilines is 1. The fourth-order valence-electron chi connectivity index (χ4n) is 3.15. The highest BCUT2D eigenvalue weighted by molar-refractivity contribution is 9.10. The van der Waals surface area contributed by atoms with E-state index in [0.717, 1.165) is 21.3 Å². The minimum Gasteiger partial charge on any atom is -0.493 e. The molecule has 3 rings (SSSR count). The molecule has 156 valence electrons. The Kier molecular flexibility index (Phi) is 7.00. The van der Waals surface area contributed by atoms with E-state index in [4.69, 9.17) is 9.47 Å². The molecule has 30 heavy (non-hydrogen) atoms. The third kappa shape index (κ3) is 4.94. The first-order valence-corrected chi connectivity index (χ1v) is 10.3. The maximum absolute atomic E-state index is 11.4. The van der Waals surface area contributed by atoms with Gasteiger partial charge in [0.2, 0.25) is 0 Å². The highest BCUT2D eigenvalue weighted by Gasteiger charge is 2.16. The molecular weight excluding hydrogens is 446 g/mol. The van der Waals surface area contributed by atoms with Crippen LogP contribution in [0.1, 0.15) is 32.6 Å². The van der Waals surface area contributed by atoms with Gasteiger partial charge in [-0.15, -0.1) is 0 Å². The Morgan fingerprint density at radius 1 is 1.07 bits per heavy atom. The average Bonchev–Trinajstić information content (AvgIpc) is 2.73. The minimum absolute atomic E-state index is 0.278. The van der Waals surface area contributed by atoms with Gasteiger partial charge in [0.05, 0.1) is 12.7 Å². The van der Waals surface area contributed by atoms with Crippen LogP contribution < -0.4 is 14.8 Å². The fraction of sp³-hybridized carbons (Fsp3) is 0.208. The van der Waals surface area contributed by atoms with Crippen molar-refractivity contribution in [3.63, 3.8) is 0 Å². The summed E-state index contributed by atoms with van der Waals surface area (Å²) in [5.41, 5.74) is 4.87. The fourth-order valence-corrected chi connectivity index (χ4v) is 3.60. The summed E-state index contributed by atoms with van der Waals surface area (Å²) in [6, 6.07) is 17.1. The van der Waals surface area contributed by atoms with E-state index in [1.165, 1.54) is 5.56 Å². The van der Waals surface area contributed by atoms with Gasteiger partial charge in [-0.05, 0) is 49.2 Å². The van der Waals surface area contributed by atoms with Gasteiger partial charge in [-0.25, -0.2) is 4.79 Å². The predicted octanol–water partition coefficient (Wildman–Crippen LogP) is 5.96. The van der Waals surface area contributed by atoms with E-state index in [-0.39, 0.29) is 5.56 Å². The molecule has 0 spiro atoms. The number of hydrogen-bond donors (Lipinski definition) is 2. The van der Waals surface area contributed by atoms with Gasteiger partial charge >= 0.3 is 5.97 Å². The molecule has 2 N–H and O–H groups in total. The largest absolute Gasteiger partial charge is 0.493 e. The lowest BCUT2D eigenvalue weighted by molar-refractivity contribution is 0.0696. The number of methoxy groups -OCH3 is 1. The van der Waals surface area contributed by atoms with E-state index in [0.29, 0.717) is 30.2 Å². The Morgan fingerprint density at radius 3 is 2.47 bits per heavy atom. The van der Waals surface area contributed by atoms with Crippen molar-refractivity contribution >= 4 is 27.6 Å². The number of rotatable bonds is 8.